The van der Waals surface area contributed by atoms with Crippen molar-refractivity contribution in [2.45, 2.75) is 43.8 Å². The van der Waals surface area contributed by atoms with Crippen molar-refractivity contribution < 1.29 is 8.94 Å². The van der Waals surface area contributed by atoms with Gasteiger partial charge in [-0.15, -0.1) is 0 Å². The van der Waals surface area contributed by atoms with Gasteiger partial charge in [0.25, 0.3) is 0 Å². The first-order chi connectivity index (χ1) is 8.74. The molecule has 2 rings (SSSR count). The topological polar surface area (TPSA) is 61.4 Å². The largest absolute Gasteiger partial charge is 0.591 e. The molecule has 1 unspecified atom stereocenters. The van der Waals surface area contributed by atoms with E-state index in [4.69, 9.17) is 5.73 Å². The maximum Gasteiger partial charge on any atom is 0.146 e. The third-order valence-corrected chi connectivity index (χ3v) is 4.62. The van der Waals surface area contributed by atoms with Crippen molar-refractivity contribution >= 4 is 23.3 Å². The van der Waals surface area contributed by atoms with Crippen molar-refractivity contribution in [2.75, 3.05) is 5.73 Å². The molecule has 0 spiro atoms. The van der Waals surface area contributed by atoms with Crippen LogP contribution in [-0.2, 0) is 16.8 Å². The van der Waals surface area contributed by atoms with Crippen LogP contribution in [0.25, 0.3) is 0 Å². The lowest BCUT2D eigenvalue weighted by Gasteiger charge is -2.19. The van der Waals surface area contributed by atoms with Crippen LogP contribution < -0.4 is 5.73 Å². The molecule has 1 atom stereocenters. The Balaban J connectivity index is 2.20. The molecule has 1 aliphatic carbocycles. The van der Waals surface area contributed by atoms with E-state index in [9.17, 15) is 8.94 Å². The number of rotatable bonds is 3. The number of hydrogen-bond donors (Lipinski definition) is 1. The fourth-order valence-corrected chi connectivity index (χ4v) is 2.40. The molecule has 0 aromatic heterocycles. The molecule has 1 aliphatic rings. The van der Waals surface area contributed by atoms with E-state index in [1.54, 1.807) is 18.3 Å². The van der Waals surface area contributed by atoms with Gasteiger partial charge in [0.1, 0.15) is 21.9 Å². The molecule has 2 N–H and O–H groups in total. The van der Waals surface area contributed by atoms with Gasteiger partial charge in [-0.05, 0) is 51.3 Å². The molecule has 0 bridgehead atoms. The fourth-order valence-electron chi connectivity index (χ4n) is 1.79. The van der Waals surface area contributed by atoms with Crippen LogP contribution in [0.15, 0.2) is 22.6 Å². The second kappa shape index (κ2) is 4.80. The van der Waals surface area contributed by atoms with Crippen LogP contribution >= 0.6 is 0 Å². The summed E-state index contributed by atoms with van der Waals surface area (Å²) in [5.74, 6) is -0.408. The van der Waals surface area contributed by atoms with Gasteiger partial charge >= 0.3 is 0 Å². The number of nitrogens with two attached hydrogens (primary N) is 1. The Morgan fingerprint density at radius 2 is 2.05 bits per heavy atom. The third kappa shape index (κ3) is 3.09. The van der Waals surface area contributed by atoms with Gasteiger partial charge in [-0.1, -0.05) is 10.5 Å². The average Bonchev–Trinajstić information content (AvgIpc) is 3.09. The molecule has 0 aliphatic heterocycles. The van der Waals surface area contributed by atoms with E-state index in [0.29, 0.717) is 0 Å². The standard InChI is InChI=1S/C14H19FN2OS/c1-13(2,3)19(18)17-9-14(6-7-14)10-4-5-11(15)12(16)8-10/h4-5,8-9H,6-7,16H2,1-3H3. The Morgan fingerprint density at radius 3 is 2.53 bits per heavy atom. The van der Waals surface area contributed by atoms with Crippen molar-refractivity contribution in [3.8, 4) is 0 Å². The number of nitrogens with zero attached hydrogens (tertiary/aromatic N) is 1. The van der Waals surface area contributed by atoms with E-state index in [0.717, 1.165) is 18.4 Å². The molecule has 0 saturated heterocycles. The van der Waals surface area contributed by atoms with Crippen LogP contribution in [-0.4, -0.2) is 15.5 Å². The lowest BCUT2D eigenvalue weighted by atomic mass is 9.97. The zero-order chi connectivity index (χ0) is 14.3. The fraction of sp³-hybridized carbons (Fsp3) is 0.500. The molecule has 19 heavy (non-hydrogen) atoms. The molecule has 104 valence electrons. The second-order valence-corrected chi connectivity index (χ2v) is 7.92. The SMILES string of the molecule is CC(C)(C)[S+]([O-])N=CC1(c2ccc(F)c(N)c2)CC1. The van der Waals surface area contributed by atoms with E-state index >= 15 is 0 Å². The van der Waals surface area contributed by atoms with Gasteiger partial charge in [-0.25, -0.2) is 4.39 Å². The van der Waals surface area contributed by atoms with Crippen molar-refractivity contribution in [3.63, 3.8) is 0 Å². The Hall–Kier alpha value is -1.07. The van der Waals surface area contributed by atoms with Crippen LogP contribution in [0.1, 0.15) is 39.2 Å². The molecular weight excluding hydrogens is 263 g/mol. The summed E-state index contributed by atoms with van der Waals surface area (Å²) in [4.78, 5) is 0. The molecule has 1 saturated carbocycles. The van der Waals surface area contributed by atoms with Crippen molar-refractivity contribution in [2.24, 2.45) is 4.40 Å². The van der Waals surface area contributed by atoms with Gasteiger partial charge in [-0.2, -0.15) is 0 Å². The molecule has 1 aromatic carbocycles. The van der Waals surface area contributed by atoms with E-state index in [1.165, 1.54) is 6.07 Å². The Kier molecular flexibility index (Phi) is 3.62. The minimum absolute atomic E-state index is 0.147. The number of anilines is 1. The highest BCUT2D eigenvalue weighted by molar-refractivity contribution is 7.91. The highest BCUT2D eigenvalue weighted by atomic mass is 32.2. The van der Waals surface area contributed by atoms with Gasteiger partial charge in [0.2, 0.25) is 0 Å². The molecular formula is C14H19FN2OS. The summed E-state index contributed by atoms with van der Waals surface area (Å²) in [7, 11) is 0. The Bertz CT molecular complexity index is 507. The van der Waals surface area contributed by atoms with Gasteiger partial charge in [0.15, 0.2) is 0 Å². The van der Waals surface area contributed by atoms with Crippen LogP contribution in [0.5, 0.6) is 0 Å². The summed E-state index contributed by atoms with van der Waals surface area (Å²) in [6.07, 6.45) is 3.62. The van der Waals surface area contributed by atoms with Crippen molar-refractivity contribution in [3.05, 3.63) is 29.6 Å². The first kappa shape index (κ1) is 14.3. The number of nitrogen functional groups attached to an aromatic ring is 1. The molecule has 5 heteroatoms. The maximum atomic E-state index is 13.2. The van der Waals surface area contributed by atoms with Crippen LogP contribution in [0.3, 0.4) is 0 Å². The van der Waals surface area contributed by atoms with Gasteiger partial charge in [-0.3, -0.25) is 0 Å². The predicted octanol–water partition coefficient (Wildman–Crippen LogP) is 2.97. The third-order valence-electron chi connectivity index (χ3n) is 3.28. The summed E-state index contributed by atoms with van der Waals surface area (Å²) in [5, 5.41) is 0. The predicted molar refractivity (Wildman–Crippen MR) is 78.1 cm³/mol. The van der Waals surface area contributed by atoms with Crippen LogP contribution in [0.2, 0.25) is 0 Å². The summed E-state index contributed by atoms with van der Waals surface area (Å²) in [6.45, 7) is 5.65. The van der Waals surface area contributed by atoms with Crippen LogP contribution in [0.4, 0.5) is 10.1 Å². The van der Waals surface area contributed by atoms with E-state index in [2.05, 4.69) is 4.40 Å². The van der Waals surface area contributed by atoms with Gasteiger partial charge < -0.3 is 10.3 Å². The highest BCUT2D eigenvalue weighted by Crippen LogP contribution is 2.47. The molecule has 0 radical (unpaired) electrons. The van der Waals surface area contributed by atoms with Gasteiger partial charge in [0.05, 0.1) is 11.9 Å². The monoisotopic (exact) mass is 282 g/mol. The highest BCUT2D eigenvalue weighted by Gasteiger charge is 2.44. The summed E-state index contributed by atoms with van der Waals surface area (Å²) in [6, 6.07) is 4.75. The molecule has 1 aromatic rings. The zero-order valence-electron chi connectivity index (χ0n) is 11.4. The maximum absolute atomic E-state index is 13.2. The normalized spacial score (nSPS) is 19.6. The first-order valence-corrected chi connectivity index (χ1v) is 7.38. The minimum atomic E-state index is -1.26. The Labute approximate surface area is 116 Å². The van der Waals surface area contributed by atoms with E-state index < -0.39 is 17.2 Å². The summed E-state index contributed by atoms with van der Waals surface area (Å²) >= 11 is -1.26. The van der Waals surface area contributed by atoms with E-state index in [-0.39, 0.29) is 15.8 Å². The van der Waals surface area contributed by atoms with Gasteiger partial charge in [0, 0.05) is 5.41 Å². The van der Waals surface area contributed by atoms with E-state index in [1.807, 2.05) is 20.8 Å². The Morgan fingerprint density at radius 1 is 1.42 bits per heavy atom. The number of halogens is 1. The average molecular weight is 282 g/mol. The first-order valence-electron chi connectivity index (χ1n) is 6.27. The summed E-state index contributed by atoms with van der Waals surface area (Å²) < 4.78 is 28.9. The molecule has 0 amide bonds. The lowest BCUT2D eigenvalue weighted by Crippen LogP contribution is -2.26. The lowest BCUT2D eigenvalue weighted by molar-refractivity contribution is 0.561. The second-order valence-electron chi connectivity index (χ2n) is 5.99. The summed E-state index contributed by atoms with van der Waals surface area (Å²) in [5.41, 5.74) is 6.48. The molecule has 1 fully saturated rings. The molecule has 0 heterocycles. The molecule has 3 nitrogen and oxygen atoms in total. The minimum Gasteiger partial charge on any atom is -0.591 e. The number of hydrogen-bond acceptors (Lipinski definition) is 3. The quantitative estimate of drug-likeness (QED) is 0.526. The zero-order valence-corrected chi connectivity index (χ0v) is 12.3. The van der Waals surface area contributed by atoms with Crippen molar-refractivity contribution in [1.82, 2.24) is 0 Å². The smallest absolute Gasteiger partial charge is 0.146 e. The van der Waals surface area contributed by atoms with Crippen molar-refractivity contribution in [1.29, 1.82) is 0 Å². The van der Waals surface area contributed by atoms with Crippen LogP contribution in [0, 0.1) is 5.82 Å². The number of benzene rings is 1.